The summed E-state index contributed by atoms with van der Waals surface area (Å²) in [6.45, 7) is 3.53. The number of hydrogen-bond acceptors (Lipinski definition) is 9. The third-order valence-corrected chi connectivity index (χ3v) is 3.23. The number of hydrogen-bond donors (Lipinski definition) is 0. The highest BCUT2D eigenvalue weighted by Gasteiger charge is 2.18. The van der Waals surface area contributed by atoms with E-state index in [1.54, 1.807) is 13.8 Å². The van der Waals surface area contributed by atoms with E-state index in [2.05, 4.69) is 15.2 Å². The van der Waals surface area contributed by atoms with E-state index in [0.717, 1.165) is 18.0 Å². The van der Waals surface area contributed by atoms with E-state index < -0.39 is 10.9 Å². The van der Waals surface area contributed by atoms with Crippen molar-refractivity contribution in [1.82, 2.24) is 15.2 Å². The normalized spacial score (nSPS) is 10.4. The van der Waals surface area contributed by atoms with Crippen LogP contribution in [-0.4, -0.2) is 32.7 Å². The molecule has 0 fully saturated rings. The van der Waals surface area contributed by atoms with Crippen molar-refractivity contribution in [3.63, 3.8) is 0 Å². The molecule has 21 heavy (non-hydrogen) atoms. The number of carbonyl (C=O) groups is 1. The molecule has 0 amide bonds. The van der Waals surface area contributed by atoms with Gasteiger partial charge in [-0.2, -0.15) is 0 Å². The second-order valence-corrected chi connectivity index (χ2v) is 4.71. The van der Waals surface area contributed by atoms with Crippen LogP contribution in [0.2, 0.25) is 0 Å². The second-order valence-electron chi connectivity index (χ2n) is 3.77. The molecule has 2 aromatic heterocycles. The van der Waals surface area contributed by atoms with E-state index in [1.165, 1.54) is 6.07 Å². The van der Waals surface area contributed by atoms with Gasteiger partial charge in [-0.1, -0.05) is 5.10 Å². The summed E-state index contributed by atoms with van der Waals surface area (Å²) in [4.78, 5) is 25.4. The zero-order valence-corrected chi connectivity index (χ0v) is 11.9. The summed E-state index contributed by atoms with van der Waals surface area (Å²) in [5.41, 5.74) is 0.486. The summed E-state index contributed by atoms with van der Waals surface area (Å²) in [5, 5.41) is 18.4. The summed E-state index contributed by atoms with van der Waals surface area (Å²) in [5.74, 6) is -0.954. The lowest BCUT2D eigenvalue weighted by Gasteiger charge is -2.00. The van der Waals surface area contributed by atoms with Crippen LogP contribution in [0.15, 0.2) is 26.9 Å². The first-order valence-electron chi connectivity index (χ1n) is 5.80. The van der Waals surface area contributed by atoms with Crippen molar-refractivity contribution in [3.05, 3.63) is 33.8 Å². The van der Waals surface area contributed by atoms with Crippen molar-refractivity contribution in [2.75, 3.05) is 6.61 Å². The molecule has 0 aliphatic heterocycles. The van der Waals surface area contributed by atoms with Crippen molar-refractivity contribution in [2.45, 2.75) is 24.1 Å². The quantitative estimate of drug-likeness (QED) is 0.463. The smallest absolute Gasteiger partial charge is 0.396 e. The Morgan fingerprint density at radius 1 is 1.52 bits per heavy atom. The molecule has 2 aromatic rings. The first-order valence-corrected chi connectivity index (χ1v) is 6.62. The molecule has 10 heteroatoms. The minimum atomic E-state index is -0.703. The van der Waals surface area contributed by atoms with Gasteiger partial charge >= 0.3 is 11.9 Å². The van der Waals surface area contributed by atoms with Gasteiger partial charge in [0.2, 0.25) is 0 Å². The molecule has 9 nitrogen and oxygen atoms in total. The van der Waals surface area contributed by atoms with Gasteiger partial charge in [-0.3, -0.25) is 10.1 Å². The molecule has 0 aliphatic rings. The highest BCUT2D eigenvalue weighted by atomic mass is 32.2. The maximum atomic E-state index is 11.4. The lowest BCUT2D eigenvalue weighted by Crippen LogP contribution is -2.04. The van der Waals surface area contributed by atoms with E-state index >= 15 is 0 Å². The molecule has 0 spiro atoms. The van der Waals surface area contributed by atoms with Crippen LogP contribution in [0.25, 0.3) is 0 Å². The molecule has 0 aliphatic carbocycles. The fourth-order valence-electron chi connectivity index (χ4n) is 1.36. The SMILES string of the molecule is CCOC(=O)c1nnc(Sc2ncc([N+](=O)[O-])cc2C)o1. The van der Waals surface area contributed by atoms with Crippen molar-refractivity contribution in [2.24, 2.45) is 0 Å². The zero-order valence-electron chi connectivity index (χ0n) is 11.1. The lowest BCUT2D eigenvalue weighted by atomic mass is 10.3. The van der Waals surface area contributed by atoms with Gasteiger partial charge in [0.05, 0.1) is 11.5 Å². The number of carbonyl (C=O) groups excluding carboxylic acids is 1. The van der Waals surface area contributed by atoms with Crippen LogP contribution in [0.1, 0.15) is 23.2 Å². The molecule has 0 unspecified atom stereocenters. The summed E-state index contributed by atoms with van der Waals surface area (Å²) < 4.78 is 9.85. The molecule has 0 radical (unpaired) electrons. The van der Waals surface area contributed by atoms with Crippen LogP contribution in [-0.2, 0) is 4.74 Å². The Labute approximate surface area is 122 Å². The number of pyridine rings is 1. The molecular formula is C11H10N4O5S. The molecule has 2 rings (SSSR count). The fourth-order valence-corrected chi connectivity index (χ4v) is 2.06. The second kappa shape index (κ2) is 6.31. The number of nitro groups is 1. The zero-order chi connectivity index (χ0) is 15.4. The molecule has 2 heterocycles. The predicted molar refractivity (Wildman–Crippen MR) is 70.0 cm³/mol. The molecular weight excluding hydrogens is 300 g/mol. The Morgan fingerprint density at radius 3 is 2.90 bits per heavy atom. The van der Waals surface area contributed by atoms with Gasteiger partial charge in [-0.15, -0.1) is 5.10 Å². The molecule has 0 bridgehead atoms. The first kappa shape index (κ1) is 14.9. The Balaban J connectivity index is 2.15. The fraction of sp³-hybridized carbons (Fsp3) is 0.273. The average molecular weight is 310 g/mol. The van der Waals surface area contributed by atoms with Gasteiger partial charge in [0.25, 0.3) is 10.9 Å². The van der Waals surface area contributed by atoms with E-state index in [-0.39, 0.29) is 23.4 Å². The van der Waals surface area contributed by atoms with Gasteiger partial charge < -0.3 is 9.15 Å². The van der Waals surface area contributed by atoms with Gasteiger partial charge in [0, 0.05) is 6.07 Å². The standard InChI is InChI=1S/C11H10N4O5S/c1-3-19-10(16)8-13-14-11(20-8)21-9-6(2)4-7(5-12-9)15(17)18/h4-5H,3H2,1-2H3. The third kappa shape index (κ3) is 3.54. The molecule has 0 saturated carbocycles. The van der Waals surface area contributed by atoms with Crippen LogP contribution >= 0.6 is 11.8 Å². The molecule has 0 N–H and O–H groups in total. The number of esters is 1. The maximum absolute atomic E-state index is 11.4. The van der Waals surface area contributed by atoms with Crippen LogP contribution in [0.5, 0.6) is 0 Å². The Bertz CT molecular complexity index is 687. The molecule has 0 aromatic carbocycles. The molecule has 0 saturated heterocycles. The van der Waals surface area contributed by atoms with E-state index in [9.17, 15) is 14.9 Å². The molecule has 0 atom stereocenters. The Hall–Kier alpha value is -2.49. The van der Waals surface area contributed by atoms with Gasteiger partial charge in [0.15, 0.2) is 0 Å². The van der Waals surface area contributed by atoms with Crippen molar-refractivity contribution >= 4 is 23.4 Å². The predicted octanol–water partition coefficient (Wildman–Crippen LogP) is 2.01. The highest BCUT2D eigenvalue weighted by Crippen LogP contribution is 2.29. The van der Waals surface area contributed by atoms with Crippen molar-refractivity contribution in [1.29, 1.82) is 0 Å². The summed E-state index contributed by atoms with van der Waals surface area (Å²) in [7, 11) is 0. The van der Waals surface area contributed by atoms with E-state index in [0.29, 0.717) is 10.6 Å². The van der Waals surface area contributed by atoms with Crippen LogP contribution in [0.4, 0.5) is 5.69 Å². The number of aromatic nitrogens is 3. The van der Waals surface area contributed by atoms with E-state index in [4.69, 9.17) is 9.15 Å². The minimum Gasteiger partial charge on any atom is -0.459 e. The first-order chi connectivity index (χ1) is 10.0. The van der Waals surface area contributed by atoms with Crippen LogP contribution in [0, 0.1) is 17.0 Å². The average Bonchev–Trinajstić information content (AvgIpc) is 2.90. The number of nitrogens with zero attached hydrogens (tertiary/aromatic N) is 4. The lowest BCUT2D eigenvalue weighted by molar-refractivity contribution is -0.385. The van der Waals surface area contributed by atoms with Gasteiger partial charge in [0.1, 0.15) is 11.2 Å². The van der Waals surface area contributed by atoms with Crippen molar-refractivity contribution in [3.8, 4) is 0 Å². The Kier molecular flexibility index (Phi) is 4.48. The third-order valence-electron chi connectivity index (χ3n) is 2.27. The maximum Gasteiger partial charge on any atom is 0.396 e. The van der Waals surface area contributed by atoms with Gasteiger partial charge in [-0.25, -0.2) is 9.78 Å². The van der Waals surface area contributed by atoms with Crippen LogP contribution < -0.4 is 0 Å². The largest absolute Gasteiger partial charge is 0.459 e. The Morgan fingerprint density at radius 2 is 2.29 bits per heavy atom. The number of rotatable bonds is 5. The van der Waals surface area contributed by atoms with Crippen molar-refractivity contribution < 1.29 is 18.9 Å². The minimum absolute atomic E-state index is 0.0995. The number of ether oxygens (including phenoxy) is 1. The number of aryl methyl sites for hydroxylation is 1. The van der Waals surface area contributed by atoms with E-state index in [1.807, 2.05) is 0 Å². The molecule has 110 valence electrons. The summed E-state index contributed by atoms with van der Waals surface area (Å²) in [6.07, 6.45) is 1.14. The topological polar surface area (TPSA) is 121 Å². The summed E-state index contributed by atoms with van der Waals surface area (Å²) >= 11 is 1.01. The highest BCUT2D eigenvalue weighted by molar-refractivity contribution is 7.99. The van der Waals surface area contributed by atoms with Gasteiger partial charge in [-0.05, 0) is 31.2 Å². The summed E-state index contributed by atoms with van der Waals surface area (Å²) in [6, 6.07) is 1.39. The van der Waals surface area contributed by atoms with Crippen LogP contribution in [0.3, 0.4) is 0 Å². The monoisotopic (exact) mass is 310 g/mol.